The lowest BCUT2D eigenvalue weighted by Gasteiger charge is -2.62. The molecule has 7 N–H and O–H groups in total. The number of benzene rings is 1. The van der Waals surface area contributed by atoms with Crippen LogP contribution in [0.3, 0.4) is 0 Å². The zero-order valence-electron chi connectivity index (χ0n) is 19.7. The minimum Gasteiger partial charge on any atom is -0.508 e. The monoisotopic (exact) mass is 443 g/mol. The molecule has 3 unspecified atom stereocenters. The van der Waals surface area contributed by atoms with E-state index in [1.54, 1.807) is 6.07 Å². The van der Waals surface area contributed by atoms with Crippen molar-refractivity contribution >= 4 is 5.96 Å². The molecule has 178 valence electrons. The molecule has 1 aliphatic heterocycles. The third-order valence-electron chi connectivity index (χ3n) is 8.38. The number of likely N-dealkylation sites (tertiary alicyclic amines) is 1. The number of aromatic hydroxyl groups is 1. The molecule has 7 heteroatoms. The van der Waals surface area contributed by atoms with Gasteiger partial charge < -0.3 is 27.0 Å². The summed E-state index contributed by atoms with van der Waals surface area (Å²) in [6.45, 7) is 7.72. The number of fused-ring (bicyclic) bond motifs is 1. The maximum Gasteiger partial charge on any atom is 0.185 e. The molecule has 1 saturated heterocycles. The molecule has 1 heterocycles. The fourth-order valence-corrected chi connectivity index (χ4v) is 6.40. The summed E-state index contributed by atoms with van der Waals surface area (Å²) in [6, 6.07) is 6.11. The van der Waals surface area contributed by atoms with Crippen LogP contribution in [0.2, 0.25) is 0 Å². The van der Waals surface area contributed by atoms with Crippen molar-refractivity contribution < 1.29 is 10.2 Å². The second-order valence-electron chi connectivity index (χ2n) is 10.3. The van der Waals surface area contributed by atoms with Gasteiger partial charge in [-0.2, -0.15) is 0 Å². The zero-order valence-corrected chi connectivity index (χ0v) is 19.7. The van der Waals surface area contributed by atoms with Crippen LogP contribution in [0.1, 0.15) is 63.5 Å². The number of hydrogen-bond acceptors (Lipinski definition) is 5. The van der Waals surface area contributed by atoms with Gasteiger partial charge in [0.05, 0.1) is 12.1 Å². The molecule has 3 aliphatic rings. The summed E-state index contributed by atoms with van der Waals surface area (Å²) in [5.41, 5.74) is 12.1. The molecule has 7 nitrogen and oxygen atoms in total. The van der Waals surface area contributed by atoms with E-state index in [2.05, 4.69) is 29.1 Å². The highest BCUT2D eigenvalue weighted by molar-refractivity contribution is 5.75. The molecule has 3 fully saturated rings. The average Bonchev–Trinajstić information content (AvgIpc) is 3.58. The van der Waals surface area contributed by atoms with E-state index < -0.39 is 5.60 Å². The standard InChI is InChI=1S/C25H41N5O2/c1-3-19-6-7-21(31)14-22(19)24-10-13-30(16-18-4-5-18)17(2)25(24,32)9-8-20(15-24)28-11-12-29-23(26)27/h6-7,14,17-18,20,28,31-32H,3-5,8-13,15-16H2,1-2H3,(H4,26,27,29)/t17?,20?,24-,25?/m1/s1. The number of nitrogens with zero attached hydrogens (tertiary/aromatic N) is 2. The number of guanidine groups is 1. The van der Waals surface area contributed by atoms with Crippen LogP contribution in [0.4, 0.5) is 0 Å². The summed E-state index contributed by atoms with van der Waals surface area (Å²) >= 11 is 0. The molecule has 4 rings (SSSR count). The lowest BCUT2D eigenvalue weighted by atomic mass is 9.52. The summed E-state index contributed by atoms with van der Waals surface area (Å²) in [6.07, 6.45) is 6.95. The summed E-state index contributed by atoms with van der Waals surface area (Å²) in [5, 5.41) is 26.5. The van der Waals surface area contributed by atoms with E-state index in [1.807, 2.05) is 12.1 Å². The first kappa shape index (κ1) is 23.3. The molecule has 0 aromatic heterocycles. The quantitative estimate of drug-likeness (QED) is 0.238. The molecule has 1 aromatic rings. The van der Waals surface area contributed by atoms with Gasteiger partial charge in [0.2, 0.25) is 0 Å². The molecular weight excluding hydrogens is 402 g/mol. The highest BCUT2D eigenvalue weighted by Crippen LogP contribution is 2.55. The van der Waals surface area contributed by atoms with Crippen LogP contribution < -0.4 is 16.8 Å². The SMILES string of the molecule is CCc1ccc(O)cc1[C@]12CCN(CC3CC3)C(C)C1(O)CCC(NCCN=C(N)N)C2. The van der Waals surface area contributed by atoms with Crippen molar-refractivity contribution in [2.45, 2.75) is 81.9 Å². The summed E-state index contributed by atoms with van der Waals surface area (Å²) in [4.78, 5) is 6.62. The number of rotatable bonds is 8. The number of phenolic OH excluding ortho intramolecular Hbond substituents is 1. The van der Waals surface area contributed by atoms with E-state index in [1.165, 1.54) is 18.4 Å². The smallest absolute Gasteiger partial charge is 0.185 e. The summed E-state index contributed by atoms with van der Waals surface area (Å²) < 4.78 is 0. The van der Waals surface area contributed by atoms with Gasteiger partial charge in [0, 0.05) is 30.6 Å². The number of aryl methyl sites for hydroxylation is 1. The van der Waals surface area contributed by atoms with E-state index in [0.717, 1.165) is 56.7 Å². The first-order chi connectivity index (χ1) is 15.3. The van der Waals surface area contributed by atoms with Crippen LogP contribution in [0.25, 0.3) is 0 Å². The Morgan fingerprint density at radius 2 is 2.03 bits per heavy atom. The first-order valence-electron chi connectivity index (χ1n) is 12.4. The van der Waals surface area contributed by atoms with Gasteiger partial charge >= 0.3 is 0 Å². The largest absolute Gasteiger partial charge is 0.508 e. The zero-order chi connectivity index (χ0) is 22.9. The van der Waals surface area contributed by atoms with Crippen molar-refractivity contribution in [3.8, 4) is 5.75 Å². The molecule has 1 aromatic carbocycles. The van der Waals surface area contributed by atoms with E-state index in [0.29, 0.717) is 13.1 Å². The number of aliphatic hydroxyl groups is 1. The number of aliphatic imine (C=N–C) groups is 1. The normalized spacial score (nSPS) is 33.0. The van der Waals surface area contributed by atoms with Gasteiger partial charge in [-0.15, -0.1) is 0 Å². The number of piperidine rings is 1. The van der Waals surface area contributed by atoms with Crippen LogP contribution in [0.15, 0.2) is 23.2 Å². The Kier molecular flexibility index (Phi) is 6.71. The van der Waals surface area contributed by atoms with Gasteiger partial charge in [0.15, 0.2) is 5.96 Å². The molecule has 0 radical (unpaired) electrons. The first-order valence-corrected chi connectivity index (χ1v) is 12.4. The lowest BCUT2D eigenvalue weighted by molar-refractivity contribution is -0.159. The van der Waals surface area contributed by atoms with E-state index in [-0.39, 0.29) is 29.2 Å². The Bertz CT molecular complexity index is 838. The number of nitrogens with two attached hydrogens (primary N) is 2. The minimum absolute atomic E-state index is 0.0893. The van der Waals surface area contributed by atoms with Gasteiger partial charge in [-0.25, -0.2) is 0 Å². The van der Waals surface area contributed by atoms with Crippen molar-refractivity contribution in [1.29, 1.82) is 0 Å². The maximum absolute atomic E-state index is 12.4. The van der Waals surface area contributed by atoms with Crippen LogP contribution >= 0.6 is 0 Å². The highest BCUT2D eigenvalue weighted by atomic mass is 16.3. The average molecular weight is 444 g/mol. The van der Waals surface area contributed by atoms with Gasteiger partial charge in [-0.05, 0) is 87.6 Å². The molecular formula is C25H41N5O2. The molecule has 0 bridgehead atoms. The minimum atomic E-state index is -0.824. The maximum atomic E-state index is 12.4. The molecule has 0 spiro atoms. The van der Waals surface area contributed by atoms with Crippen molar-refractivity contribution in [2.24, 2.45) is 22.4 Å². The van der Waals surface area contributed by atoms with Crippen LogP contribution in [0, 0.1) is 5.92 Å². The third kappa shape index (κ3) is 4.35. The molecule has 0 amide bonds. The van der Waals surface area contributed by atoms with Gasteiger partial charge in [0.1, 0.15) is 5.75 Å². The van der Waals surface area contributed by atoms with Crippen LogP contribution in [0.5, 0.6) is 5.75 Å². The second-order valence-corrected chi connectivity index (χ2v) is 10.3. The van der Waals surface area contributed by atoms with Gasteiger partial charge in [0.25, 0.3) is 0 Å². The van der Waals surface area contributed by atoms with Crippen molar-refractivity contribution in [3.05, 3.63) is 29.3 Å². The molecule has 4 atom stereocenters. The van der Waals surface area contributed by atoms with Gasteiger partial charge in [-0.1, -0.05) is 13.0 Å². The van der Waals surface area contributed by atoms with E-state index >= 15 is 0 Å². The number of phenols is 1. The highest BCUT2D eigenvalue weighted by Gasteiger charge is 2.61. The fraction of sp³-hybridized carbons (Fsp3) is 0.720. The number of nitrogens with one attached hydrogen (secondary N) is 1. The number of hydrogen-bond donors (Lipinski definition) is 5. The summed E-state index contributed by atoms with van der Waals surface area (Å²) in [5.74, 6) is 1.20. The third-order valence-corrected chi connectivity index (χ3v) is 8.38. The van der Waals surface area contributed by atoms with Gasteiger partial charge in [-0.3, -0.25) is 9.89 Å². The van der Waals surface area contributed by atoms with Crippen molar-refractivity contribution in [2.75, 3.05) is 26.2 Å². The topological polar surface area (TPSA) is 120 Å². The Hall–Kier alpha value is -1.83. The van der Waals surface area contributed by atoms with Crippen molar-refractivity contribution in [3.63, 3.8) is 0 Å². The molecule has 2 aliphatic carbocycles. The fourth-order valence-electron chi connectivity index (χ4n) is 6.40. The Morgan fingerprint density at radius 1 is 1.25 bits per heavy atom. The molecule has 2 saturated carbocycles. The Labute approximate surface area is 192 Å². The van der Waals surface area contributed by atoms with E-state index in [4.69, 9.17) is 11.5 Å². The van der Waals surface area contributed by atoms with E-state index in [9.17, 15) is 10.2 Å². The summed E-state index contributed by atoms with van der Waals surface area (Å²) in [7, 11) is 0. The predicted octanol–water partition coefficient (Wildman–Crippen LogP) is 1.84. The Balaban J connectivity index is 1.66. The lowest BCUT2D eigenvalue weighted by Crippen LogP contribution is -2.71. The van der Waals surface area contributed by atoms with Crippen LogP contribution in [-0.2, 0) is 11.8 Å². The van der Waals surface area contributed by atoms with Crippen LogP contribution in [-0.4, -0.2) is 64.9 Å². The predicted molar refractivity (Wildman–Crippen MR) is 129 cm³/mol. The Morgan fingerprint density at radius 3 is 2.72 bits per heavy atom. The van der Waals surface area contributed by atoms with Crippen molar-refractivity contribution in [1.82, 2.24) is 10.2 Å². The molecule has 32 heavy (non-hydrogen) atoms. The second kappa shape index (κ2) is 9.20.